The molecular formula is C18H27NO. The third-order valence-corrected chi connectivity index (χ3v) is 4.91. The molecular weight excluding hydrogens is 246 g/mol. The van der Waals surface area contributed by atoms with E-state index in [1.165, 1.54) is 68.9 Å². The van der Waals surface area contributed by atoms with Gasteiger partial charge >= 0.3 is 0 Å². The van der Waals surface area contributed by atoms with Crippen LogP contribution in [-0.2, 0) is 6.42 Å². The molecule has 0 saturated heterocycles. The molecule has 1 aromatic rings. The Morgan fingerprint density at radius 1 is 1.00 bits per heavy atom. The van der Waals surface area contributed by atoms with Gasteiger partial charge in [0.2, 0.25) is 0 Å². The maximum atomic E-state index is 6.40. The second-order valence-electron chi connectivity index (χ2n) is 6.29. The van der Waals surface area contributed by atoms with Crippen molar-refractivity contribution in [3.05, 3.63) is 29.3 Å². The van der Waals surface area contributed by atoms with E-state index >= 15 is 0 Å². The highest BCUT2D eigenvalue weighted by Gasteiger charge is 2.23. The standard InChI is InChI=1S/C18H27NO/c1-19-17-12-6-11-16-15(17)10-7-13-18(16)20-14-8-4-2-3-5-9-14/h7,10,13-14,17,19H,2-6,8-9,11-12H2,1H3. The average molecular weight is 273 g/mol. The number of nitrogens with one attached hydrogen (secondary N) is 1. The fourth-order valence-corrected chi connectivity index (χ4v) is 3.76. The van der Waals surface area contributed by atoms with Crippen LogP contribution in [0.3, 0.4) is 0 Å². The molecule has 2 nitrogen and oxygen atoms in total. The number of ether oxygens (including phenoxy) is 1. The lowest BCUT2D eigenvalue weighted by Crippen LogP contribution is -2.23. The van der Waals surface area contributed by atoms with Crippen molar-refractivity contribution < 1.29 is 4.74 Å². The summed E-state index contributed by atoms with van der Waals surface area (Å²) in [7, 11) is 2.07. The van der Waals surface area contributed by atoms with E-state index in [0.29, 0.717) is 12.1 Å². The first-order chi connectivity index (χ1) is 9.88. The fourth-order valence-electron chi connectivity index (χ4n) is 3.76. The minimum Gasteiger partial charge on any atom is -0.490 e. The molecule has 20 heavy (non-hydrogen) atoms. The van der Waals surface area contributed by atoms with Crippen LogP contribution in [0, 0.1) is 0 Å². The van der Waals surface area contributed by atoms with E-state index in [-0.39, 0.29) is 0 Å². The lowest BCUT2D eigenvalue weighted by molar-refractivity contribution is 0.181. The van der Waals surface area contributed by atoms with Crippen molar-refractivity contribution in [2.75, 3.05) is 7.05 Å². The predicted octanol–water partition coefficient (Wildman–Crippen LogP) is 4.39. The van der Waals surface area contributed by atoms with Crippen molar-refractivity contribution in [3.63, 3.8) is 0 Å². The Morgan fingerprint density at radius 3 is 2.55 bits per heavy atom. The first-order valence-electron chi connectivity index (χ1n) is 8.34. The summed E-state index contributed by atoms with van der Waals surface area (Å²) in [4.78, 5) is 0. The van der Waals surface area contributed by atoms with Crippen LogP contribution >= 0.6 is 0 Å². The van der Waals surface area contributed by atoms with Crippen LogP contribution in [-0.4, -0.2) is 13.2 Å². The van der Waals surface area contributed by atoms with Gasteiger partial charge in [0, 0.05) is 6.04 Å². The van der Waals surface area contributed by atoms with Crippen molar-refractivity contribution in [1.82, 2.24) is 5.32 Å². The summed E-state index contributed by atoms with van der Waals surface area (Å²) < 4.78 is 6.40. The number of hydrogen-bond donors (Lipinski definition) is 1. The van der Waals surface area contributed by atoms with Crippen LogP contribution in [0.4, 0.5) is 0 Å². The molecule has 1 atom stereocenters. The summed E-state index contributed by atoms with van der Waals surface area (Å²) in [6.07, 6.45) is 12.0. The molecule has 1 saturated carbocycles. The summed E-state index contributed by atoms with van der Waals surface area (Å²) in [6, 6.07) is 7.13. The Balaban J connectivity index is 1.79. The highest BCUT2D eigenvalue weighted by Crippen LogP contribution is 2.36. The van der Waals surface area contributed by atoms with Crippen molar-refractivity contribution in [2.24, 2.45) is 0 Å². The predicted molar refractivity (Wildman–Crippen MR) is 83.3 cm³/mol. The molecule has 0 spiro atoms. The molecule has 3 rings (SSSR count). The maximum Gasteiger partial charge on any atom is 0.123 e. The number of benzene rings is 1. The third-order valence-electron chi connectivity index (χ3n) is 4.91. The van der Waals surface area contributed by atoms with E-state index in [2.05, 4.69) is 30.6 Å². The molecule has 0 aromatic heterocycles. The Hall–Kier alpha value is -1.02. The van der Waals surface area contributed by atoms with Crippen LogP contribution in [0.25, 0.3) is 0 Å². The lowest BCUT2D eigenvalue weighted by Gasteiger charge is -2.28. The van der Waals surface area contributed by atoms with Crippen LogP contribution in [0.5, 0.6) is 5.75 Å². The van der Waals surface area contributed by atoms with E-state index in [9.17, 15) is 0 Å². The van der Waals surface area contributed by atoms with E-state index in [0.717, 1.165) is 5.75 Å². The first kappa shape index (κ1) is 13.9. The summed E-state index contributed by atoms with van der Waals surface area (Å²) in [5.74, 6) is 1.16. The van der Waals surface area contributed by atoms with Gasteiger partial charge in [0.05, 0.1) is 6.10 Å². The molecule has 0 radical (unpaired) electrons. The Kier molecular flexibility index (Phi) is 4.62. The third kappa shape index (κ3) is 3.01. The molecule has 1 unspecified atom stereocenters. The lowest BCUT2D eigenvalue weighted by atomic mass is 9.87. The van der Waals surface area contributed by atoms with Crippen LogP contribution in [0.1, 0.15) is 68.5 Å². The normalized spacial score (nSPS) is 23.9. The largest absolute Gasteiger partial charge is 0.490 e. The minimum absolute atomic E-state index is 0.443. The summed E-state index contributed by atoms with van der Waals surface area (Å²) in [6.45, 7) is 0. The van der Waals surface area contributed by atoms with E-state index in [1.807, 2.05) is 0 Å². The molecule has 0 bridgehead atoms. The van der Waals surface area contributed by atoms with Crippen LogP contribution in [0.2, 0.25) is 0 Å². The average Bonchev–Trinajstić information content (AvgIpc) is 2.76. The van der Waals surface area contributed by atoms with Crippen molar-refractivity contribution >= 4 is 0 Å². The number of rotatable bonds is 3. The molecule has 1 fully saturated rings. The summed E-state index contributed by atoms with van der Waals surface area (Å²) in [5.41, 5.74) is 2.92. The molecule has 0 aliphatic heterocycles. The number of hydrogen-bond acceptors (Lipinski definition) is 2. The smallest absolute Gasteiger partial charge is 0.123 e. The quantitative estimate of drug-likeness (QED) is 0.825. The topological polar surface area (TPSA) is 21.3 Å². The molecule has 2 heteroatoms. The second-order valence-corrected chi connectivity index (χ2v) is 6.29. The van der Waals surface area contributed by atoms with Gasteiger partial charge in [-0.05, 0) is 69.2 Å². The van der Waals surface area contributed by atoms with Gasteiger partial charge in [-0.25, -0.2) is 0 Å². The second kappa shape index (κ2) is 6.62. The van der Waals surface area contributed by atoms with Gasteiger partial charge in [-0.15, -0.1) is 0 Å². The fraction of sp³-hybridized carbons (Fsp3) is 0.667. The van der Waals surface area contributed by atoms with Crippen molar-refractivity contribution in [2.45, 2.75) is 69.9 Å². The summed E-state index contributed by atoms with van der Waals surface area (Å²) in [5, 5.41) is 3.45. The van der Waals surface area contributed by atoms with Gasteiger partial charge in [-0.1, -0.05) is 25.0 Å². The Bertz CT molecular complexity index is 435. The SMILES string of the molecule is CNC1CCCc2c(OC3CCCCCC3)cccc21. The Labute approximate surface area is 122 Å². The van der Waals surface area contributed by atoms with E-state index in [1.54, 1.807) is 0 Å². The van der Waals surface area contributed by atoms with E-state index in [4.69, 9.17) is 4.74 Å². The van der Waals surface area contributed by atoms with Gasteiger partial charge in [0.25, 0.3) is 0 Å². The van der Waals surface area contributed by atoms with Crippen molar-refractivity contribution in [3.8, 4) is 5.75 Å². The molecule has 1 N–H and O–H groups in total. The van der Waals surface area contributed by atoms with Gasteiger partial charge < -0.3 is 10.1 Å². The van der Waals surface area contributed by atoms with Crippen LogP contribution < -0.4 is 10.1 Å². The highest BCUT2D eigenvalue weighted by molar-refractivity contribution is 5.43. The molecule has 2 aliphatic carbocycles. The zero-order valence-electron chi connectivity index (χ0n) is 12.7. The van der Waals surface area contributed by atoms with Crippen molar-refractivity contribution in [1.29, 1.82) is 0 Å². The monoisotopic (exact) mass is 273 g/mol. The van der Waals surface area contributed by atoms with Gasteiger partial charge in [0.1, 0.15) is 5.75 Å². The molecule has 110 valence electrons. The minimum atomic E-state index is 0.443. The van der Waals surface area contributed by atoms with Crippen LogP contribution in [0.15, 0.2) is 18.2 Å². The van der Waals surface area contributed by atoms with Gasteiger partial charge in [0.15, 0.2) is 0 Å². The summed E-state index contributed by atoms with van der Waals surface area (Å²) >= 11 is 0. The number of fused-ring (bicyclic) bond motifs is 1. The zero-order chi connectivity index (χ0) is 13.8. The Morgan fingerprint density at radius 2 is 1.80 bits per heavy atom. The zero-order valence-corrected chi connectivity index (χ0v) is 12.7. The molecule has 1 aromatic carbocycles. The first-order valence-corrected chi connectivity index (χ1v) is 8.34. The van der Waals surface area contributed by atoms with E-state index < -0.39 is 0 Å². The molecule has 0 amide bonds. The molecule has 2 aliphatic rings. The van der Waals surface area contributed by atoms with Gasteiger partial charge in [-0.3, -0.25) is 0 Å². The maximum absolute atomic E-state index is 6.40. The molecule has 0 heterocycles. The highest BCUT2D eigenvalue weighted by atomic mass is 16.5. The van der Waals surface area contributed by atoms with Gasteiger partial charge in [-0.2, -0.15) is 0 Å².